The second-order valence-corrected chi connectivity index (χ2v) is 8.29. The summed E-state index contributed by atoms with van der Waals surface area (Å²) < 4.78 is 2.34. The van der Waals surface area contributed by atoms with Gasteiger partial charge < -0.3 is 5.32 Å². The van der Waals surface area contributed by atoms with Crippen LogP contribution >= 0.6 is 23.4 Å². The first-order valence-corrected chi connectivity index (χ1v) is 11.1. The monoisotopic (exact) mass is 453 g/mol. The van der Waals surface area contributed by atoms with Crippen LogP contribution in [0.3, 0.4) is 0 Å². The van der Waals surface area contributed by atoms with Gasteiger partial charge in [-0.15, -0.1) is 5.10 Å². The Labute approximate surface area is 188 Å². The molecule has 1 N–H and O–H groups in total. The summed E-state index contributed by atoms with van der Waals surface area (Å²) >= 11 is 7.42. The number of nitrogens with zero attached hydrogens (tertiary/aromatic N) is 4. The Morgan fingerprint density at radius 1 is 1.06 bits per heavy atom. The van der Waals surface area contributed by atoms with Crippen molar-refractivity contribution in [2.24, 2.45) is 0 Å². The van der Waals surface area contributed by atoms with Crippen molar-refractivity contribution < 1.29 is 4.79 Å². The fraction of sp³-hybridized carbons (Fsp3) is 0.182. The van der Waals surface area contributed by atoms with Gasteiger partial charge in [-0.1, -0.05) is 60.6 Å². The lowest BCUT2D eigenvalue weighted by Gasteiger charge is -2.09. The third-order valence-corrected chi connectivity index (χ3v) is 5.92. The Morgan fingerprint density at radius 2 is 1.84 bits per heavy atom. The van der Waals surface area contributed by atoms with E-state index in [1.54, 1.807) is 6.07 Å². The van der Waals surface area contributed by atoms with Crippen molar-refractivity contribution in [1.29, 1.82) is 0 Å². The number of amides is 1. The summed E-state index contributed by atoms with van der Waals surface area (Å²) in [5.41, 5.74) is 2.81. The van der Waals surface area contributed by atoms with E-state index < -0.39 is 5.69 Å². The first-order chi connectivity index (χ1) is 15.0. The highest BCUT2D eigenvalue weighted by Crippen LogP contribution is 2.21. The molecule has 0 aliphatic rings. The van der Waals surface area contributed by atoms with Crippen LogP contribution in [0, 0.1) is 0 Å². The number of fused-ring (bicyclic) bond motifs is 1. The van der Waals surface area contributed by atoms with Crippen molar-refractivity contribution in [3.63, 3.8) is 0 Å². The number of thioether (sulfide) groups is 1. The molecule has 0 atom stereocenters. The lowest BCUT2D eigenvalue weighted by molar-refractivity contribution is -0.117. The molecule has 0 aliphatic carbocycles. The molecule has 158 valence electrons. The summed E-state index contributed by atoms with van der Waals surface area (Å²) in [7, 11) is 0. The van der Waals surface area contributed by atoms with Gasteiger partial charge in [0.2, 0.25) is 5.91 Å². The first-order valence-electron chi connectivity index (χ1n) is 9.75. The Kier molecular flexibility index (Phi) is 6.39. The molecular weight excluding hydrogens is 434 g/mol. The minimum absolute atomic E-state index is 0.187. The predicted octanol–water partition coefficient (Wildman–Crippen LogP) is 4.04. The summed E-state index contributed by atoms with van der Waals surface area (Å²) in [6.45, 7) is 1.83. The quantitative estimate of drug-likeness (QED) is 0.427. The summed E-state index contributed by atoms with van der Waals surface area (Å²) in [6.07, 6.45) is 0.797. The molecule has 31 heavy (non-hydrogen) atoms. The Hall–Kier alpha value is -3.10. The molecule has 0 fully saturated rings. The highest BCUT2D eigenvalue weighted by Gasteiger charge is 2.13. The molecule has 0 unspecified atom stereocenters. The Morgan fingerprint density at radius 3 is 2.61 bits per heavy atom. The van der Waals surface area contributed by atoms with Crippen LogP contribution in [0.1, 0.15) is 18.1 Å². The number of hydrogen-bond donors (Lipinski definition) is 1. The smallest absolute Gasteiger partial charge is 0.324 e. The molecule has 0 saturated carbocycles. The minimum Gasteiger partial charge on any atom is -0.324 e. The van der Waals surface area contributed by atoms with Gasteiger partial charge in [-0.25, -0.2) is 9.48 Å². The first kappa shape index (κ1) is 21.1. The number of halogens is 1. The molecule has 0 spiro atoms. The highest BCUT2D eigenvalue weighted by atomic mass is 35.5. The van der Waals surface area contributed by atoms with Crippen molar-refractivity contribution >= 4 is 40.6 Å². The molecule has 9 heteroatoms. The third-order valence-electron chi connectivity index (χ3n) is 4.68. The number of para-hydroxylation sites is 1. The fourth-order valence-electron chi connectivity index (χ4n) is 3.09. The SMILES string of the molecule is CCc1ccccc1NC(=O)Cn1nc2ccc(SCc3ccc(Cl)cc3)nn2c1=O. The number of benzene rings is 2. The maximum atomic E-state index is 12.7. The topological polar surface area (TPSA) is 81.3 Å². The second kappa shape index (κ2) is 9.36. The van der Waals surface area contributed by atoms with Gasteiger partial charge >= 0.3 is 5.69 Å². The number of aromatic nitrogens is 4. The largest absolute Gasteiger partial charge is 0.367 e. The predicted molar refractivity (Wildman–Crippen MR) is 123 cm³/mol. The second-order valence-electron chi connectivity index (χ2n) is 6.86. The standard InChI is InChI=1S/C22H20ClN5O2S/c1-2-16-5-3-4-6-18(16)24-20(29)13-27-22(30)28-19(25-27)11-12-21(26-28)31-14-15-7-9-17(23)10-8-15/h3-12H,2,13-14H2,1H3,(H,24,29). The van der Waals surface area contributed by atoms with E-state index in [-0.39, 0.29) is 12.5 Å². The van der Waals surface area contributed by atoms with Gasteiger partial charge in [0.05, 0.1) is 0 Å². The van der Waals surface area contributed by atoms with E-state index in [2.05, 4.69) is 15.5 Å². The molecule has 4 rings (SSSR count). The molecule has 2 aromatic heterocycles. The van der Waals surface area contributed by atoms with Crippen LogP contribution in [0.15, 0.2) is 70.5 Å². The van der Waals surface area contributed by atoms with Gasteiger partial charge in [-0.2, -0.15) is 9.61 Å². The van der Waals surface area contributed by atoms with Crippen LogP contribution in [0.5, 0.6) is 0 Å². The summed E-state index contributed by atoms with van der Waals surface area (Å²) in [5, 5.41) is 12.8. The Balaban J connectivity index is 1.48. The summed E-state index contributed by atoms with van der Waals surface area (Å²) in [4.78, 5) is 25.2. The molecule has 0 bridgehead atoms. The van der Waals surface area contributed by atoms with Crippen molar-refractivity contribution in [2.45, 2.75) is 30.7 Å². The average molecular weight is 454 g/mol. The van der Waals surface area contributed by atoms with E-state index in [1.165, 1.54) is 16.3 Å². The van der Waals surface area contributed by atoms with Crippen LogP contribution in [0.2, 0.25) is 5.02 Å². The number of nitrogens with one attached hydrogen (secondary N) is 1. The van der Waals surface area contributed by atoms with E-state index in [0.29, 0.717) is 21.4 Å². The van der Waals surface area contributed by atoms with Gasteiger partial charge in [-0.05, 0) is 47.9 Å². The molecule has 2 aromatic carbocycles. The number of carbonyl (C=O) groups excluding carboxylic acids is 1. The lowest BCUT2D eigenvalue weighted by atomic mass is 10.1. The van der Waals surface area contributed by atoms with E-state index >= 15 is 0 Å². The van der Waals surface area contributed by atoms with Crippen LogP contribution < -0.4 is 11.0 Å². The minimum atomic E-state index is -0.456. The molecule has 0 radical (unpaired) electrons. The van der Waals surface area contributed by atoms with Crippen LogP contribution in [-0.4, -0.2) is 25.3 Å². The summed E-state index contributed by atoms with van der Waals surface area (Å²) in [6, 6.07) is 18.7. The van der Waals surface area contributed by atoms with Gasteiger partial charge in [0.1, 0.15) is 11.6 Å². The maximum Gasteiger partial charge on any atom is 0.367 e. The Bertz CT molecular complexity index is 1280. The van der Waals surface area contributed by atoms with Crippen LogP contribution in [0.4, 0.5) is 5.69 Å². The normalized spacial score (nSPS) is 11.0. The van der Waals surface area contributed by atoms with Crippen molar-refractivity contribution in [1.82, 2.24) is 19.4 Å². The van der Waals surface area contributed by atoms with Crippen molar-refractivity contribution in [2.75, 3.05) is 5.32 Å². The van der Waals surface area contributed by atoms with Gasteiger partial charge in [0.25, 0.3) is 0 Å². The van der Waals surface area contributed by atoms with E-state index in [9.17, 15) is 9.59 Å². The van der Waals surface area contributed by atoms with Crippen molar-refractivity contribution in [3.8, 4) is 0 Å². The molecular formula is C22H20ClN5O2S. The number of anilines is 1. The van der Waals surface area contributed by atoms with Gasteiger partial charge in [0.15, 0.2) is 5.65 Å². The molecule has 1 amide bonds. The molecule has 2 heterocycles. The van der Waals surface area contributed by atoms with Gasteiger partial charge in [0, 0.05) is 16.5 Å². The third kappa shape index (κ3) is 4.98. The van der Waals surface area contributed by atoms with E-state index in [4.69, 9.17) is 11.6 Å². The number of carbonyl (C=O) groups is 1. The zero-order valence-corrected chi connectivity index (χ0v) is 18.4. The average Bonchev–Trinajstić information content (AvgIpc) is 3.08. The summed E-state index contributed by atoms with van der Waals surface area (Å²) in [5.74, 6) is 0.376. The van der Waals surface area contributed by atoms with Gasteiger partial charge in [-0.3, -0.25) is 4.79 Å². The molecule has 4 aromatic rings. The maximum absolute atomic E-state index is 12.7. The fourth-order valence-corrected chi connectivity index (χ4v) is 4.02. The van der Waals surface area contributed by atoms with Crippen LogP contribution in [-0.2, 0) is 23.5 Å². The molecule has 0 saturated heterocycles. The van der Waals surface area contributed by atoms with Crippen molar-refractivity contribution in [3.05, 3.63) is 87.3 Å². The number of rotatable bonds is 7. The lowest BCUT2D eigenvalue weighted by Crippen LogP contribution is -2.29. The number of aryl methyl sites for hydroxylation is 1. The van der Waals surface area contributed by atoms with E-state index in [0.717, 1.165) is 27.9 Å². The molecule has 0 aliphatic heterocycles. The highest BCUT2D eigenvalue weighted by molar-refractivity contribution is 7.98. The van der Waals surface area contributed by atoms with E-state index in [1.807, 2.05) is 61.5 Å². The zero-order valence-electron chi connectivity index (χ0n) is 16.8. The number of hydrogen-bond acceptors (Lipinski definition) is 5. The van der Waals surface area contributed by atoms with Crippen LogP contribution in [0.25, 0.3) is 5.65 Å². The molecule has 7 nitrogen and oxygen atoms in total. The zero-order chi connectivity index (χ0) is 21.8.